The largest absolute Gasteiger partial charge is 0.357 e. The van der Waals surface area contributed by atoms with E-state index < -0.39 is 0 Å². The van der Waals surface area contributed by atoms with Gasteiger partial charge in [-0.3, -0.25) is 4.99 Å². The van der Waals surface area contributed by atoms with E-state index >= 15 is 0 Å². The minimum Gasteiger partial charge on any atom is -0.357 e. The zero-order chi connectivity index (χ0) is 16.5. The zero-order valence-electron chi connectivity index (χ0n) is 14.8. The smallest absolute Gasteiger partial charge is 0.191 e. The number of likely N-dealkylation sites (tertiary alicyclic amines) is 1. The first-order chi connectivity index (χ1) is 11.2. The van der Waals surface area contributed by atoms with E-state index in [2.05, 4.69) is 45.9 Å². The van der Waals surface area contributed by atoms with Crippen LogP contribution in [0.25, 0.3) is 0 Å². The van der Waals surface area contributed by atoms with Crippen molar-refractivity contribution in [3.63, 3.8) is 0 Å². The molecule has 0 radical (unpaired) electrons. The summed E-state index contributed by atoms with van der Waals surface area (Å²) in [7, 11) is 0. The molecular weight excluding hydrogens is 288 g/mol. The second kappa shape index (κ2) is 9.55. The summed E-state index contributed by atoms with van der Waals surface area (Å²) in [6, 6.07) is 1.19. The van der Waals surface area contributed by atoms with Crippen molar-refractivity contribution in [1.82, 2.24) is 25.1 Å². The number of guanidine groups is 1. The number of hydrogen-bond donors (Lipinski definition) is 2. The van der Waals surface area contributed by atoms with Crippen molar-refractivity contribution < 1.29 is 0 Å². The minimum atomic E-state index is 0.538. The van der Waals surface area contributed by atoms with E-state index in [1.54, 1.807) is 0 Å². The first-order valence-electron chi connectivity index (χ1n) is 8.93. The molecule has 2 rings (SSSR count). The Morgan fingerprint density at radius 3 is 2.74 bits per heavy atom. The van der Waals surface area contributed by atoms with Crippen molar-refractivity contribution in [2.24, 2.45) is 4.99 Å². The van der Waals surface area contributed by atoms with E-state index in [1.807, 2.05) is 18.7 Å². The van der Waals surface area contributed by atoms with Crippen molar-refractivity contribution in [1.29, 1.82) is 0 Å². The first kappa shape index (κ1) is 17.8. The van der Waals surface area contributed by atoms with Gasteiger partial charge in [0.05, 0.1) is 6.33 Å². The van der Waals surface area contributed by atoms with Crippen molar-refractivity contribution in [2.45, 2.75) is 58.7 Å². The molecule has 1 fully saturated rings. The third kappa shape index (κ3) is 6.22. The molecule has 0 aliphatic carbocycles. The van der Waals surface area contributed by atoms with Gasteiger partial charge in [0, 0.05) is 57.2 Å². The van der Waals surface area contributed by atoms with E-state index in [-0.39, 0.29) is 0 Å². The van der Waals surface area contributed by atoms with Crippen LogP contribution < -0.4 is 10.6 Å². The molecule has 6 nitrogen and oxygen atoms in total. The quantitative estimate of drug-likeness (QED) is 0.456. The summed E-state index contributed by atoms with van der Waals surface area (Å²) in [5.41, 5.74) is 0. The molecule has 2 N–H and O–H groups in total. The number of aryl methyl sites for hydroxylation is 1. The molecular formula is C17H32N6. The Labute approximate surface area is 140 Å². The van der Waals surface area contributed by atoms with Crippen LogP contribution in [0.2, 0.25) is 0 Å². The summed E-state index contributed by atoms with van der Waals surface area (Å²) < 4.78 is 2.09. The van der Waals surface area contributed by atoms with Crippen molar-refractivity contribution >= 4 is 5.96 Å². The van der Waals surface area contributed by atoms with Crippen molar-refractivity contribution in [3.8, 4) is 0 Å². The molecule has 1 aromatic heterocycles. The van der Waals surface area contributed by atoms with Crippen LogP contribution in [0.3, 0.4) is 0 Å². The van der Waals surface area contributed by atoms with Gasteiger partial charge in [0.25, 0.3) is 0 Å². The van der Waals surface area contributed by atoms with Gasteiger partial charge in [0.2, 0.25) is 0 Å². The number of nitrogens with zero attached hydrogens (tertiary/aromatic N) is 4. The molecule has 6 heteroatoms. The van der Waals surface area contributed by atoms with E-state index in [9.17, 15) is 0 Å². The van der Waals surface area contributed by atoms with Crippen LogP contribution in [0.4, 0.5) is 0 Å². The highest BCUT2D eigenvalue weighted by Gasteiger charge is 2.21. The Kier molecular flexibility index (Phi) is 7.39. The van der Waals surface area contributed by atoms with Gasteiger partial charge in [-0.25, -0.2) is 4.98 Å². The minimum absolute atomic E-state index is 0.538. The summed E-state index contributed by atoms with van der Waals surface area (Å²) in [5.74, 6) is 0.959. The predicted molar refractivity (Wildman–Crippen MR) is 95.7 cm³/mol. The summed E-state index contributed by atoms with van der Waals surface area (Å²) in [4.78, 5) is 11.3. The molecule has 0 unspecified atom stereocenters. The second-order valence-electron chi connectivity index (χ2n) is 6.46. The molecule has 1 aliphatic heterocycles. The number of hydrogen-bond acceptors (Lipinski definition) is 3. The molecule has 1 saturated heterocycles. The van der Waals surface area contributed by atoms with Crippen LogP contribution in [0, 0.1) is 0 Å². The molecule has 0 atom stereocenters. The third-order valence-electron chi connectivity index (χ3n) is 4.35. The molecule has 130 valence electrons. The highest BCUT2D eigenvalue weighted by atomic mass is 15.2. The van der Waals surface area contributed by atoms with E-state index in [0.29, 0.717) is 12.1 Å². The van der Waals surface area contributed by atoms with Crippen molar-refractivity contribution in [3.05, 3.63) is 18.7 Å². The van der Waals surface area contributed by atoms with Gasteiger partial charge in [-0.1, -0.05) is 0 Å². The average molecular weight is 320 g/mol. The van der Waals surface area contributed by atoms with Gasteiger partial charge in [-0.2, -0.15) is 0 Å². The second-order valence-corrected chi connectivity index (χ2v) is 6.46. The van der Waals surface area contributed by atoms with E-state index in [1.165, 1.54) is 25.9 Å². The SMILES string of the molecule is CCNC(=NCCCn1ccnc1)NC1CCN(C(C)C)CC1. The Bertz CT molecular complexity index is 446. The number of rotatable bonds is 7. The molecule has 0 spiro atoms. The maximum atomic E-state index is 4.71. The van der Waals surface area contributed by atoms with Crippen molar-refractivity contribution in [2.75, 3.05) is 26.2 Å². The molecule has 0 aromatic carbocycles. The lowest BCUT2D eigenvalue weighted by molar-refractivity contribution is 0.167. The standard InChI is InChI=1S/C17H32N6/c1-4-19-17(20-8-5-10-22-13-9-18-14-22)21-16-6-11-23(12-7-16)15(2)3/h9,13-16H,4-8,10-12H2,1-3H3,(H2,19,20,21). The molecule has 0 saturated carbocycles. The van der Waals surface area contributed by atoms with Crippen LogP contribution in [0.1, 0.15) is 40.0 Å². The maximum absolute atomic E-state index is 4.71. The number of nitrogens with one attached hydrogen (secondary N) is 2. The van der Waals surface area contributed by atoms with Crippen LogP contribution >= 0.6 is 0 Å². The molecule has 1 aromatic rings. The molecule has 0 amide bonds. The Morgan fingerprint density at radius 2 is 2.13 bits per heavy atom. The number of aliphatic imine (C=N–C) groups is 1. The Morgan fingerprint density at radius 1 is 1.35 bits per heavy atom. The highest BCUT2D eigenvalue weighted by Crippen LogP contribution is 2.12. The fourth-order valence-electron chi connectivity index (χ4n) is 2.94. The number of imidazole rings is 1. The fraction of sp³-hybridized carbons (Fsp3) is 0.765. The molecule has 1 aliphatic rings. The van der Waals surface area contributed by atoms with Gasteiger partial charge in [0.15, 0.2) is 5.96 Å². The predicted octanol–water partition coefficient (Wildman–Crippen LogP) is 1.70. The Hall–Kier alpha value is -1.56. The maximum Gasteiger partial charge on any atom is 0.191 e. The zero-order valence-corrected chi connectivity index (χ0v) is 14.8. The van der Waals surface area contributed by atoms with Gasteiger partial charge >= 0.3 is 0 Å². The molecule has 23 heavy (non-hydrogen) atoms. The lowest BCUT2D eigenvalue weighted by Gasteiger charge is -2.35. The average Bonchev–Trinajstić information content (AvgIpc) is 3.05. The first-order valence-corrected chi connectivity index (χ1v) is 8.93. The summed E-state index contributed by atoms with van der Waals surface area (Å²) in [6.07, 6.45) is 9.08. The number of piperidine rings is 1. The van der Waals surface area contributed by atoms with Gasteiger partial charge < -0.3 is 20.1 Å². The number of aromatic nitrogens is 2. The van der Waals surface area contributed by atoms with E-state index in [0.717, 1.165) is 32.0 Å². The fourth-order valence-corrected chi connectivity index (χ4v) is 2.94. The molecule has 2 heterocycles. The Balaban J connectivity index is 1.73. The summed E-state index contributed by atoms with van der Waals surface area (Å²) in [5, 5.41) is 6.97. The third-order valence-corrected chi connectivity index (χ3v) is 4.35. The lowest BCUT2D eigenvalue weighted by Crippen LogP contribution is -2.49. The summed E-state index contributed by atoms with van der Waals surface area (Å²) >= 11 is 0. The lowest BCUT2D eigenvalue weighted by atomic mass is 10.0. The van der Waals surface area contributed by atoms with E-state index in [4.69, 9.17) is 4.99 Å². The topological polar surface area (TPSA) is 57.5 Å². The van der Waals surface area contributed by atoms with Gasteiger partial charge in [0.1, 0.15) is 0 Å². The highest BCUT2D eigenvalue weighted by molar-refractivity contribution is 5.80. The van der Waals surface area contributed by atoms with Crippen LogP contribution in [-0.2, 0) is 6.54 Å². The van der Waals surface area contributed by atoms with Crippen LogP contribution in [0.5, 0.6) is 0 Å². The van der Waals surface area contributed by atoms with Crippen LogP contribution in [-0.4, -0.2) is 58.7 Å². The normalized spacial score (nSPS) is 17.7. The van der Waals surface area contributed by atoms with Gasteiger partial charge in [-0.05, 0) is 40.0 Å². The molecule has 0 bridgehead atoms. The van der Waals surface area contributed by atoms with Crippen LogP contribution in [0.15, 0.2) is 23.7 Å². The summed E-state index contributed by atoms with van der Waals surface area (Å²) in [6.45, 7) is 11.7. The van der Waals surface area contributed by atoms with Gasteiger partial charge in [-0.15, -0.1) is 0 Å². The monoisotopic (exact) mass is 320 g/mol.